The largest absolute Gasteiger partial charge is 0.478 e. The topological polar surface area (TPSA) is 103 Å². The molecule has 162 valence electrons. The first-order valence-electron chi connectivity index (χ1n) is 10.3. The molecule has 30 heavy (non-hydrogen) atoms. The molecule has 0 spiro atoms. The number of fused-ring (bicyclic) bond motifs is 1. The van der Waals surface area contributed by atoms with Crippen LogP contribution < -0.4 is 5.32 Å². The number of carboxylic acids is 2. The van der Waals surface area contributed by atoms with Gasteiger partial charge in [0, 0.05) is 42.9 Å². The van der Waals surface area contributed by atoms with Crippen LogP contribution in [0.1, 0.15) is 32.4 Å². The van der Waals surface area contributed by atoms with Crippen LogP contribution in [0.5, 0.6) is 0 Å². The number of rotatable bonds is 7. The molecule has 1 saturated heterocycles. The lowest BCUT2D eigenvalue weighted by Gasteiger charge is -2.35. The van der Waals surface area contributed by atoms with E-state index in [1.165, 1.54) is 29.3 Å². The zero-order valence-corrected chi connectivity index (χ0v) is 17.6. The van der Waals surface area contributed by atoms with Crippen molar-refractivity contribution < 1.29 is 19.8 Å². The van der Waals surface area contributed by atoms with Crippen molar-refractivity contribution in [2.45, 2.75) is 39.3 Å². The summed E-state index contributed by atoms with van der Waals surface area (Å²) in [6.45, 7) is 9.02. The standard InChI is InChI=1S/C19H27N3.C4H4O4/c1-15(2)13-22(19-7-9-20-10-8-19)14-18-11-16-5-3-4-6-17(16)12-21-18;5-3(6)1-2-4(7)8/h3-6,11-12,15,19-20H,7-10,13-14H2,1-2H3;1-2H,(H,5,6)(H,7,8). The van der Waals surface area contributed by atoms with Gasteiger partial charge in [0.05, 0.1) is 5.69 Å². The minimum absolute atomic E-state index is 0.558. The summed E-state index contributed by atoms with van der Waals surface area (Å²) in [5.74, 6) is -1.82. The van der Waals surface area contributed by atoms with E-state index in [1.807, 2.05) is 6.20 Å². The number of aliphatic carboxylic acids is 2. The molecule has 1 aromatic carbocycles. The first-order chi connectivity index (χ1) is 14.3. The van der Waals surface area contributed by atoms with Crippen molar-refractivity contribution in [1.82, 2.24) is 15.2 Å². The van der Waals surface area contributed by atoms with Crippen LogP contribution in [-0.4, -0.2) is 57.7 Å². The minimum Gasteiger partial charge on any atom is -0.478 e. The first kappa shape index (κ1) is 23.5. The number of pyridine rings is 1. The summed E-state index contributed by atoms with van der Waals surface area (Å²) in [5.41, 5.74) is 1.19. The Morgan fingerprint density at radius 3 is 2.30 bits per heavy atom. The van der Waals surface area contributed by atoms with E-state index in [-0.39, 0.29) is 0 Å². The average Bonchev–Trinajstić information content (AvgIpc) is 2.72. The van der Waals surface area contributed by atoms with Gasteiger partial charge in [0.25, 0.3) is 0 Å². The van der Waals surface area contributed by atoms with E-state index >= 15 is 0 Å². The highest BCUT2D eigenvalue weighted by molar-refractivity contribution is 5.89. The molecule has 0 bridgehead atoms. The van der Waals surface area contributed by atoms with Crippen molar-refractivity contribution in [2.75, 3.05) is 19.6 Å². The van der Waals surface area contributed by atoms with Gasteiger partial charge in [-0.1, -0.05) is 38.1 Å². The van der Waals surface area contributed by atoms with Gasteiger partial charge in [0.1, 0.15) is 0 Å². The Labute approximate surface area is 177 Å². The van der Waals surface area contributed by atoms with Gasteiger partial charge in [-0.2, -0.15) is 0 Å². The van der Waals surface area contributed by atoms with Crippen molar-refractivity contribution in [3.63, 3.8) is 0 Å². The Balaban J connectivity index is 0.000000343. The molecule has 3 rings (SSSR count). The Morgan fingerprint density at radius 1 is 1.13 bits per heavy atom. The smallest absolute Gasteiger partial charge is 0.328 e. The van der Waals surface area contributed by atoms with Crippen LogP contribution in [0.25, 0.3) is 10.8 Å². The van der Waals surface area contributed by atoms with Gasteiger partial charge < -0.3 is 15.5 Å². The summed E-state index contributed by atoms with van der Waals surface area (Å²) >= 11 is 0. The number of hydrogen-bond donors (Lipinski definition) is 3. The zero-order chi connectivity index (χ0) is 21.9. The number of hydrogen-bond acceptors (Lipinski definition) is 5. The molecule has 0 unspecified atom stereocenters. The lowest BCUT2D eigenvalue weighted by Crippen LogP contribution is -2.44. The number of nitrogens with one attached hydrogen (secondary N) is 1. The SMILES string of the molecule is CC(C)CN(Cc1cc2ccccc2cn1)C1CCNCC1.O=C(O)C=CC(=O)O. The third-order valence-corrected chi connectivity index (χ3v) is 4.85. The van der Waals surface area contributed by atoms with Crippen LogP contribution in [0.15, 0.2) is 48.7 Å². The highest BCUT2D eigenvalue weighted by atomic mass is 16.4. The van der Waals surface area contributed by atoms with Crippen molar-refractivity contribution >= 4 is 22.7 Å². The molecule has 2 heterocycles. The van der Waals surface area contributed by atoms with Crippen LogP contribution in [0.3, 0.4) is 0 Å². The van der Waals surface area contributed by atoms with Crippen molar-refractivity contribution in [2.24, 2.45) is 5.92 Å². The van der Waals surface area contributed by atoms with Crippen LogP contribution in [0.2, 0.25) is 0 Å². The average molecular weight is 414 g/mol. The normalized spacial score (nSPS) is 14.8. The second-order valence-electron chi connectivity index (χ2n) is 7.84. The van der Waals surface area contributed by atoms with Crippen LogP contribution in [0, 0.1) is 5.92 Å². The quantitative estimate of drug-likeness (QED) is 0.599. The molecular formula is C23H31N3O4. The fraction of sp³-hybridized carbons (Fsp3) is 0.435. The number of benzene rings is 1. The predicted molar refractivity (Wildman–Crippen MR) is 117 cm³/mol. The summed E-state index contributed by atoms with van der Waals surface area (Å²) < 4.78 is 0. The molecular weight excluding hydrogens is 382 g/mol. The zero-order valence-electron chi connectivity index (χ0n) is 17.6. The van der Waals surface area contributed by atoms with Gasteiger partial charge in [-0.05, 0) is 43.3 Å². The number of nitrogens with zero attached hydrogens (tertiary/aromatic N) is 2. The van der Waals surface area contributed by atoms with Crippen molar-refractivity contribution in [1.29, 1.82) is 0 Å². The maximum absolute atomic E-state index is 9.55. The minimum atomic E-state index is -1.26. The Bertz CT molecular complexity index is 844. The number of aromatic nitrogens is 1. The van der Waals surface area contributed by atoms with E-state index in [9.17, 15) is 9.59 Å². The molecule has 1 fully saturated rings. The molecule has 0 aliphatic carbocycles. The molecule has 7 heteroatoms. The second-order valence-corrected chi connectivity index (χ2v) is 7.84. The molecule has 2 aromatic rings. The van der Waals surface area contributed by atoms with Crippen molar-refractivity contribution in [3.05, 3.63) is 54.4 Å². The monoisotopic (exact) mass is 413 g/mol. The summed E-state index contributed by atoms with van der Waals surface area (Å²) in [7, 11) is 0. The number of carbonyl (C=O) groups is 2. The highest BCUT2D eigenvalue weighted by Crippen LogP contribution is 2.19. The van der Waals surface area contributed by atoms with Gasteiger partial charge in [-0.25, -0.2) is 9.59 Å². The van der Waals surface area contributed by atoms with Gasteiger partial charge in [0.15, 0.2) is 0 Å². The Kier molecular flexibility index (Phi) is 9.44. The Morgan fingerprint density at radius 2 is 1.73 bits per heavy atom. The van der Waals surface area contributed by atoms with E-state index in [1.54, 1.807) is 0 Å². The molecule has 3 N–H and O–H groups in total. The van der Waals surface area contributed by atoms with E-state index < -0.39 is 11.9 Å². The fourth-order valence-corrected chi connectivity index (χ4v) is 3.55. The van der Waals surface area contributed by atoms with E-state index in [0.717, 1.165) is 26.2 Å². The lowest BCUT2D eigenvalue weighted by molar-refractivity contribution is -0.134. The molecule has 1 aromatic heterocycles. The molecule has 0 amide bonds. The van der Waals surface area contributed by atoms with E-state index in [0.29, 0.717) is 24.1 Å². The van der Waals surface area contributed by atoms with Gasteiger partial charge in [-0.15, -0.1) is 0 Å². The maximum Gasteiger partial charge on any atom is 0.328 e. The molecule has 0 saturated carbocycles. The molecule has 7 nitrogen and oxygen atoms in total. The highest BCUT2D eigenvalue weighted by Gasteiger charge is 2.22. The molecule has 0 radical (unpaired) electrons. The third kappa shape index (κ3) is 8.31. The maximum atomic E-state index is 9.55. The molecule has 1 aliphatic rings. The summed E-state index contributed by atoms with van der Waals surface area (Å²) in [4.78, 5) is 26.4. The first-order valence-corrected chi connectivity index (χ1v) is 10.3. The summed E-state index contributed by atoms with van der Waals surface area (Å²) in [6.07, 6.45) is 5.63. The fourth-order valence-electron chi connectivity index (χ4n) is 3.55. The third-order valence-electron chi connectivity index (χ3n) is 4.85. The van der Waals surface area contributed by atoms with Gasteiger partial charge >= 0.3 is 11.9 Å². The van der Waals surface area contributed by atoms with Crippen LogP contribution in [-0.2, 0) is 16.1 Å². The Hall–Kier alpha value is -2.77. The van der Waals surface area contributed by atoms with E-state index in [4.69, 9.17) is 15.2 Å². The van der Waals surface area contributed by atoms with Crippen LogP contribution >= 0.6 is 0 Å². The second kappa shape index (κ2) is 12.0. The molecule has 0 atom stereocenters. The van der Waals surface area contributed by atoms with Gasteiger partial charge in [0.2, 0.25) is 0 Å². The van der Waals surface area contributed by atoms with Crippen molar-refractivity contribution in [3.8, 4) is 0 Å². The number of piperidine rings is 1. The number of carboxylic acid groups (broad SMARTS) is 2. The van der Waals surface area contributed by atoms with Gasteiger partial charge in [-0.3, -0.25) is 9.88 Å². The van der Waals surface area contributed by atoms with E-state index in [2.05, 4.69) is 54.4 Å². The summed E-state index contributed by atoms with van der Waals surface area (Å²) in [5, 5.41) is 21.6. The lowest BCUT2D eigenvalue weighted by atomic mass is 10.0. The van der Waals surface area contributed by atoms with Crippen LogP contribution in [0.4, 0.5) is 0 Å². The summed E-state index contributed by atoms with van der Waals surface area (Å²) in [6, 6.07) is 11.4. The predicted octanol–water partition coefficient (Wildman–Crippen LogP) is 3.16. The molecule has 1 aliphatic heterocycles.